The number of hydrogen-bond acceptors (Lipinski definition) is 9. The molecule has 7 rings (SSSR count). The normalized spacial score (nSPS) is 12.9. The quantitative estimate of drug-likeness (QED) is 0.0396. The molecule has 0 unspecified atom stereocenters. The maximum Gasteiger partial charge on any atom is 0.341 e. The largest absolute Gasteiger partial charge is 0.482 e. The van der Waals surface area contributed by atoms with Crippen LogP contribution in [0.5, 0.6) is 5.75 Å². The molecule has 1 aliphatic carbocycles. The summed E-state index contributed by atoms with van der Waals surface area (Å²) in [5.41, 5.74) is 6.69. The van der Waals surface area contributed by atoms with E-state index in [4.69, 9.17) is 14.8 Å². The van der Waals surface area contributed by atoms with Crippen molar-refractivity contribution in [1.29, 1.82) is 0 Å². The van der Waals surface area contributed by atoms with E-state index in [-0.39, 0.29) is 11.8 Å². The molecule has 0 bridgehead atoms. The molecule has 12 nitrogen and oxygen atoms in total. The van der Waals surface area contributed by atoms with Gasteiger partial charge in [-0.05, 0) is 115 Å². The van der Waals surface area contributed by atoms with Crippen LogP contribution in [0.15, 0.2) is 115 Å². The number of carboxylic acids is 1. The van der Waals surface area contributed by atoms with Crippen LogP contribution < -0.4 is 30.3 Å². The molecule has 0 saturated heterocycles. The van der Waals surface area contributed by atoms with Gasteiger partial charge >= 0.3 is 5.97 Å². The number of amides is 2. The average molecular weight is 840 g/mol. The zero-order chi connectivity index (χ0) is 42.7. The smallest absolute Gasteiger partial charge is 0.341 e. The van der Waals surface area contributed by atoms with E-state index in [1.807, 2.05) is 48.5 Å². The lowest BCUT2D eigenvalue weighted by Gasteiger charge is -2.25. The standard InChI is InChI=1S/C48H53N7O5S/c1-4-49-40-24-23-37(60-31-45(56)57)29-34(40)11-10-26-50-48(59)35-22-25-43-41(30-35)53-46(55(43)36-12-6-5-7-13-36)32-18-20-33(21-19-32)47(58)51-27-28-52-61-44-17-9-14-38-39(44)15-8-16-42(38)54(2)3/h4,8-9,14-25,29-30,36,49,52H,1,5-7,10-13,26-28,31H2,2-3H3,(H,50,59)(H,51,58)(H,56,57). The number of carbonyl (C=O) groups excluding carboxylic acids is 2. The van der Waals surface area contributed by atoms with Gasteiger partial charge in [0.25, 0.3) is 11.8 Å². The Labute approximate surface area is 360 Å². The highest BCUT2D eigenvalue weighted by atomic mass is 32.2. The lowest BCUT2D eigenvalue weighted by Crippen LogP contribution is -2.29. The van der Waals surface area contributed by atoms with Crippen molar-refractivity contribution in [2.24, 2.45) is 0 Å². The number of nitrogens with one attached hydrogen (secondary N) is 4. The maximum absolute atomic E-state index is 13.4. The number of carboxylic acid groups (broad SMARTS) is 1. The number of fused-ring (bicyclic) bond motifs is 2. The number of rotatable bonds is 19. The molecule has 13 heteroatoms. The number of carbonyl (C=O) groups is 3. The highest BCUT2D eigenvalue weighted by Crippen LogP contribution is 2.37. The van der Waals surface area contributed by atoms with Crippen molar-refractivity contribution < 1.29 is 24.2 Å². The van der Waals surface area contributed by atoms with Gasteiger partial charge in [0.2, 0.25) is 0 Å². The van der Waals surface area contributed by atoms with Crippen LogP contribution in [-0.4, -0.2) is 72.8 Å². The minimum Gasteiger partial charge on any atom is -0.482 e. The topological polar surface area (TPSA) is 150 Å². The summed E-state index contributed by atoms with van der Waals surface area (Å²) in [5.74, 6) is -0.0748. The molecule has 0 radical (unpaired) electrons. The van der Waals surface area contributed by atoms with Gasteiger partial charge in [-0.3, -0.25) is 14.3 Å². The molecule has 1 fully saturated rings. The number of anilines is 2. The van der Waals surface area contributed by atoms with E-state index in [2.05, 4.69) is 87.2 Å². The fourth-order valence-electron chi connectivity index (χ4n) is 7.97. The number of nitrogens with zero attached hydrogens (tertiary/aromatic N) is 3. The third-order valence-corrected chi connectivity index (χ3v) is 11.9. The predicted octanol–water partition coefficient (Wildman–Crippen LogP) is 8.84. The molecular weight excluding hydrogens is 787 g/mol. The molecule has 0 spiro atoms. The number of aromatic nitrogens is 2. The zero-order valence-corrected chi connectivity index (χ0v) is 35.5. The fourth-order valence-corrected chi connectivity index (χ4v) is 8.76. The first-order valence-corrected chi connectivity index (χ1v) is 21.6. The molecule has 61 heavy (non-hydrogen) atoms. The summed E-state index contributed by atoms with van der Waals surface area (Å²) in [4.78, 5) is 45.9. The summed E-state index contributed by atoms with van der Waals surface area (Å²) < 4.78 is 11.1. The van der Waals surface area contributed by atoms with Crippen molar-refractivity contribution in [3.05, 3.63) is 127 Å². The number of imidazole rings is 1. The van der Waals surface area contributed by atoms with E-state index in [1.54, 1.807) is 30.3 Å². The minimum absolute atomic E-state index is 0.136. The van der Waals surface area contributed by atoms with Gasteiger partial charge in [0, 0.05) is 78.1 Å². The van der Waals surface area contributed by atoms with E-state index in [1.165, 1.54) is 22.9 Å². The Morgan fingerprint density at radius 1 is 0.869 bits per heavy atom. The van der Waals surface area contributed by atoms with Gasteiger partial charge < -0.3 is 35.3 Å². The molecule has 2 amide bonds. The highest BCUT2D eigenvalue weighted by molar-refractivity contribution is 7.97. The summed E-state index contributed by atoms with van der Waals surface area (Å²) in [5, 5.41) is 20.6. The molecule has 1 heterocycles. The third-order valence-electron chi connectivity index (χ3n) is 10.9. The van der Waals surface area contributed by atoms with E-state index in [0.29, 0.717) is 55.4 Å². The van der Waals surface area contributed by atoms with Gasteiger partial charge in [-0.1, -0.05) is 62.2 Å². The van der Waals surface area contributed by atoms with Crippen LogP contribution >= 0.6 is 11.9 Å². The summed E-state index contributed by atoms with van der Waals surface area (Å²) in [6, 6.07) is 31.6. The Balaban J connectivity index is 0.975. The Morgan fingerprint density at radius 3 is 2.38 bits per heavy atom. The van der Waals surface area contributed by atoms with E-state index in [9.17, 15) is 14.4 Å². The number of ether oxygens (including phenoxy) is 1. The first kappa shape index (κ1) is 42.8. The van der Waals surface area contributed by atoms with Gasteiger partial charge in [0.15, 0.2) is 6.61 Å². The molecule has 316 valence electrons. The zero-order valence-electron chi connectivity index (χ0n) is 34.7. The van der Waals surface area contributed by atoms with Crippen LogP contribution in [0.25, 0.3) is 33.2 Å². The molecule has 5 N–H and O–H groups in total. The van der Waals surface area contributed by atoms with Crippen LogP contribution in [-0.2, 0) is 11.2 Å². The SMILES string of the molecule is C=CNc1ccc(OCC(=O)O)cc1CCCNC(=O)c1ccc2c(c1)nc(-c1ccc(C(=O)NCCNSc3cccc4c(N(C)C)cccc34)cc1)n2C1CCCCC1. The van der Waals surface area contributed by atoms with Gasteiger partial charge in [-0.15, -0.1) is 0 Å². The molecule has 1 aliphatic rings. The molecule has 6 aromatic rings. The number of benzene rings is 5. The summed E-state index contributed by atoms with van der Waals surface area (Å²) in [6.45, 7) is 4.82. The second-order valence-electron chi connectivity index (χ2n) is 15.4. The van der Waals surface area contributed by atoms with Crippen molar-refractivity contribution in [2.75, 3.05) is 50.6 Å². The predicted molar refractivity (Wildman–Crippen MR) is 246 cm³/mol. The average Bonchev–Trinajstić information content (AvgIpc) is 3.66. The minimum atomic E-state index is -1.05. The molecule has 0 atom stereocenters. The number of aryl methyl sites for hydroxylation is 1. The Morgan fingerprint density at radius 2 is 1.61 bits per heavy atom. The third kappa shape index (κ3) is 10.5. The van der Waals surface area contributed by atoms with E-state index < -0.39 is 12.6 Å². The van der Waals surface area contributed by atoms with Gasteiger partial charge in [-0.2, -0.15) is 0 Å². The lowest BCUT2D eigenvalue weighted by molar-refractivity contribution is -0.139. The second kappa shape index (κ2) is 20.3. The van der Waals surface area contributed by atoms with E-state index >= 15 is 0 Å². The fraction of sp³-hybridized carbons (Fsp3) is 0.292. The second-order valence-corrected chi connectivity index (χ2v) is 16.3. The maximum atomic E-state index is 13.4. The van der Waals surface area contributed by atoms with Gasteiger partial charge in [0.1, 0.15) is 11.6 Å². The summed E-state index contributed by atoms with van der Waals surface area (Å²) in [7, 11) is 4.10. The van der Waals surface area contributed by atoms with E-state index in [0.717, 1.165) is 64.3 Å². The Hall–Kier alpha value is -6.31. The molecular formula is C48H53N7O5S. The first-order chi connectivity index (χ1) is 29.7. The van der Waals surface area contributed by atoms with Crippen LogP contribution in [0.1, 0.15) is 70.8 Å². The summed E-state index contributed by atoms with van der Waals surface area (Å²) >= 11 is 1.57. The number of aliphatic carboxylic acids is 1. The van der Waals surface area contributed by atoms with Crippen LogP contribution in [0.4, 0.5) is 11.4 Å². The van der Waals surface area contributed by atoms with Crippen LogP contribution in [0, 0.1) is 0 Å². The Bertz CT molecular complexity index is 2510. The van der Waals surface area contributed by atoms with Crippen molar-refractivity contribution in [2.45, 2.75) is 55.9 Å². The van der Waals surface area contributed by atoms with Crippen molar-refractivity contribution in [3.8, 4) is 17.1 Å². The van der Waals surface area contributed by atoms with Crippen LogP contribution in [0.3, 0.4) is 0 Å². The lowest BCUT2D eigenvalue weighted by atomic mass is 9.94. The van der Waals surface area contributed by atoms with Gasteiger partial charge in [-0.25, -0.2) is 9.78 Å². The Kier molecular flexibility index (Phi) is 14.2. The number of hydrogen-bond donors (Lipinski definition) is 5. The molecule has 5 aromatic carbocycles. The molecule has 0 aliphatic heterocycles. The molecule has 1 saturated carbocycles. The van der Waals surface area contributed by atoms with Gasteiger partial charge in [0.05, 0.1) is 11.0 Å². The van der Waals surface area contributed by atoms with Crippen molar-refractivity contribution in [1.82, 2.24) is 24.9 Å². The summed E-state index contributed by atoms with van der Waals surface area (Å²) in [6.07, 6.45) is 8.50. The highest BCUT2D eigenvalue weighted by Gasteiger charge is 2.23. The molecule has 1 aromatic heterocycles. The van der Waals surface area contributed by atoms with Crippen molar-refractivity contribution >= 4 is 62.9 Å². The van der Waals surface area contributed by atoms with Crippen LogP contribution in [0.2, 0.25) is 0 Å². The monoisotopic (exact) mass is 839 g/mol. The first-order valence-electron chi connectivity index (χ1n) is 20.8. The van der Waals surface area contributed by atoms with Crippen molar-refractivity contribution in [3.63, 3.8) is 0 Å².